The van der Waals surface area contributed by atoms with Crippen LogP contribution in [0.4, 0.5) is 4.79 Å². The molecule has 3 N–H and O–H groups in total. The number of carboxylic acids is 1. The van der Waals surface area contributed by atoms with Crippen LogP contribution in [0.1, 0.15) is 30.2 Å². The predicted molar refractivity (Wildman–Crippen MR) is 102 cm³/mol. The largest absolute Gasteiger partial charge is 0.480 e. The van der Waals surface area contributed by atoms with Crippen LogP contribution in [0.3, 0.4) is 0 Å². The Labute approximate surface area is 158 Å². The van der Waals surface area contributed by atoms with Crippen molar-refractivity contribution in [1.82, 2.24) is 20.4 Å². The van der Waals surface area contributed by atoms with Gasteiger partial charge in [0.25, 0.3) is 0 Å². The topological polar surface area (TPSA) is 84.9 Å². The Morgan fingerprint density at radius 2 is 2.23 bits per heavy atom. The molecule has 0 atom stereocenters. The van der Waals surface area contributed by atoms with Crippen molar-refractivity contribution in [2.75, 3.05) is 32.7 Å². The van der Waals surface area contributed by atoms with E-state index in [9.17, 15) is 9.59 Å². The molecular weight excluding hydrogens is 352 g/mol. The van der Waals surface area contributed by atoms with E-state index >= 15 is 0 Å². The fourth-order valence-electron chi connectivity index (χ4n) is 3.74. The zero-order valence-electron chi connectivity index (χ0n) is 15.2. The summed E-state index contributed by atoms with van der Waals surface area (Å²) in [6.07, 6.45) is 2.75. The minimum atomic E-state index is -0.798. The molecule has 1 saturated carbocycles. The predicted octanol–water partition coefficient (Wildman–Crippen LogP) is 1.34. The van der Waals surface area contributed by atoms with Gasteiger partial charge in [0.2, 0.25) is 0 Å². The normalized spacial score (nSPS) is 22.5. The number of rotatable bonds is 8. The van der Waals surface area contributed by atoms with Crippen LogP contribution in [0.25, 0.3) is 0 Å². The number of urea groups is 1. The quantitative estimate of drug-likeness (QED) is 0.634. The number of carbonyl (C=O) groups is 2. The highest BCUT2D eigenvalue weighted by Crippen LogP contribution is 2.25. The first-order valence-electron chi connectivity index (χ1n) is 9.33. The highest BCUT2D eigenvalue weighted by Gasteiger charge is 2.34. The molecule has 0 spiro atoms. The third-order valence-electron chi connectivity index (χ3n) is 5.31. The summed E-state index contributed by atoms with van der Waals surface area (Å²) in [5.74, 6) is -0.798. The van der Waals surface area contributed by atoms with E-state index in [0.717, 1.165) is 45.4 Å². The summed E-state index contributed by atoms with van der Waals surface area (Å²) in [4.78, 5) is 28.7. The van der Waals surface area contributed by atoms with Crippen molar-refractivity contribution < 1.29 is 14.7 Å². The molecule has 0 aromatic carbocycles. The number of fused-ring (bicyclic) bond motifs is 1. The Balaban J connectivity index is 1.29. The lowest BCUT2D eigenvalue weighted by atomic mass is 9.85. The van der Waals surface area contributed by atoms with E-state index in [0.29, 0.717) is 6.54 Å². The third kappa shape index (κ3) is 4.96. The molecule has 2 aliphatic rings. The molecular formula is C18H28N4O3S. The third-order valence-corrected chi connectivity index (χ3v) is 6.33. The molecule has 2 heterocycles. The zero-order valence-corrected chi connectivity index (χ0v) is 16.1. The van der Waals surface area contributed by atoms with E-state index in [4.69, 9.17) is 5.11 Å². The molecule has 1 aliphatic carbocycles. The number of amides is 2. The number of likely N-dealkylation sites (N-methyl/N-ethyl adjacent to an activating group) is 1. The van der Waals surface area contributed by atoms with Crippen LogP contribution in [-0.4, -0.2) is 71.7 Å². The van der Waals surface area contributed by atoms with Gasteiger partial charge >= 0.3 is 12.0 Å². The van der Waals surface area contributed by atoms with Gasteiger partial charge in [0, 0.05) is 43.1 Å². The number of nitrogens with one attached hydrogen (secondary N) is 2. The van der Waals surface area contributed by atoms with Crippen LogP contribution < -0.4 is 10.6 Å². The average molecular weight is 381 g/mol. The summed E-state index contributed by atoms with van der Waals surface area (Å²) in [6, 6.07) is 2.48. The number of carbonyl (C=O) groups excluding carboxylic acids is 1. The fraction of sp³-hybridized carbons (Fsp3) is 0.667. The average Bonchev–Trinajstić information content (AvgIpc) is 3.03. The van der Waals surface area contributed by atoms with E-state index in [-0.39, 0.29) is 24.7 Å². The van der Waals surface area contributed by atoms with Gasteiger partial charge in [0.05, 0.1) is 6.54 Å². The molecule has 2 amide bonds. The van der Waals surface area contributed by atoms with Gasteiger partial charge in [-0.15, -0.1) is 11.3 Å². The maximum atomic E-state index is 12.0. The molecule has 0 bridgehead atoms. The molecule has 0 saturated heterocycles. The summed E-state index contributed by atoms with van der Waals surface area (Å²) in [5.41, 5.74) is 1.42. The van der Waals surface area contributed by atoms with Crippen LogP contribution in [0, 0.1) is 0 Å². The van der Waals surface area contributed by atoms with Gasteiger partial charge in [-0.1, -0.05) is 6.92 Å². The number of carboxylic acid groups (broad SMARTS) is 1. The van der Waals surface area contributed by atoms with E-state index in [1.165, 1.54) is 10.4 Å². The van der Waals surface area contributed by atoms with E-state index < -0.39 is 5.97 Å². The zero-order chi connectivity index (χ0) is 18.5. The molecule has 1 aromatic rings. The van der Waals surface area contributed by atoms with E-state index in [2.05, 4.69) is 27.0 Å². The highest BCUT2D eigenvalue weighted by atomic mass is 32.1. The molecule has 1 fully saturated rings. The minimum Gasteiger partial charge on any atom is -0.480 e. The summed E-state index contributed by atoms with van der Waals surface area (Å²) in [6.45, 7) is 6.29. The van der Waals surface area contributed by atoms with Crippen molar-refractivity contribution in [2.45, 2.75) is 44.8 Å². The first kappa shape index (κ1) is 19.1. The second-order valence-corrected chi connectivity index (χ2v) is 8.08. The van der Waals surface area contributed by atoms with Crippen molar-refractivity contribution >= 4 is 23.3 Å². The van der Waals surface area contributed by atoms with Crippen molar-refractivity contribution in [3.63, 3.8) is 0 Å². The lowest BCUT2D eigenvalue weighted by Gasteiger charge is -2.42. The Bertz CT molecular complexity index is 630. The Kier molecular flexibility index (Phi) is 6.50. The van der Waals surface area contributed by atoms with Gasteiger partial charge in [-0.05, 0) is 42.8 Å². The van der Waals surface area contributed by atoms with Crippen LogP contribution in [0.2, 0.25) is 0 Å². The Hall–Kier alpha value is -1.64. The lowest BCUT2D eigenvalue weighted by Crippen LogP contribution is -2.56. The molecule has 8 heteroatoms. The van der Waals surface area contributed by atoms with Gasteiger partial charge < -0.3 is 15.7 Å². The maximum absolute atomic E-state index is 12.0. The van der Waals surface area contributed by atoms with Gasteiger partial charge in [-0.3, -0.25) is 14.6 Å². The molecule has 7 nitrogen and oxygen atoms in total. The first-order chi connectivity index (χ1) is 12.5. The highest BCUT2D eigenvalue weighted by molar-refractivity contribution is 7.10. The van der Waals surface area contributed by atoms with Crippen molar-refractivity contribution in [1.29, 1.82) is 0 Å². The monoisotopic (exact) mass is 380 g/mol. The SMILES string of the molecule is CCN(CC(=O)O)C1CC(NC(=O)NCCN2CCc3sccc3C2)C1. The standard InChI is InChI=1S/C18H28N4O3S/c1-2-22(12-17(23)24)15-9-14(10-15)20-18(25)19-5-7-21-6-3-16-13(11-21)4-8-26-16/h4,8,14-15H,2-3,5-7,9-12H2,1H3,(H,23,24)(H2,19,20,25). The molecule has 144 valence electrons. The van der Waals surface area contributed by atoms with Gasteiger partial charge in [0.1, 0.15) is 0 Å². The summed E-state index contributed by atoms with van der Waals surface area (Å²) in [7, 11) is 0. The van der Waals surface area contributed by atoms with E-state index in [1.807, 2.05) is 23.2 Å². The minimum absolute atomic E-state index is 0.0712. The number of hydrogen-bond donors (Lipinski definition) is 3. The van der Waals surface area contributed by atoms with Gasteiger partial charge in [-0.2, -0.15) is 0 Å². The number of hydrogen-bond acceptors (Lipinski definition) is 5. The van der Waals surface area contributed by atoms with Crippen LogP contribution in [-0.2, 0) is 17.8 Å². The van der Waals surface area contributed by atoms with Crippen LogP contribution in [0.5, 0.6) is 0 Å². The molecule has 3 rings (SSSR count). The maximum Gasteiger partial charge on any atom is 0.317 e. The molecule has 1 aliphatic heterocycles. The molecule has 26 heavy (non-hydrogen) atoms. The first-order valence-corrected chi connectivity index (χ1v) is 10.2. The fourth-order valence-corrected chi connectivity index (χ4v) is 4.63. The Morgan fingerprint density at radius 3 is 2.96 bits per heavy atom. The van der Waals surface area contributed by atoms with Crippen LogP contribution >= 0.6 is 11.3 Å². The smallest absolute Gasteiger partial charge is 0.317 e. The lowest BCUT2D eigenvalue weighted by molar-refractivity contribution is -0.139. The molecule has 0 radical (unpaired) electrons. The second kappa shape index (κ2) is 8.83. The van der Waals surface area contributed by atoms with Gasteiger partial charge in [-0.25, -0.2) is 4.79 Å². The van der Waals surface area contributed by atoms with Crippen LogP contribution in [0.15, 0.2) is 11.4 Å². The number of nitrogens with zero attached hydrogens (tertiary/aromatic N) is 2. The number of thiophene rings is 1. The summed E-state index contributed by atoms with van der Waals surface area (Å²) >= 11 is 1.84. The van der Waals surface area contributed by atoms with E-state index in [1.54, 1.807) is 0 Å². The van der Waals surface area contributed by atoms with Gasteiger partial charge in [0.15, 0.2) is 0 Å². The molecule has 1 aromatic heterocycles. The molecule has 0 unspecified atom stereocenters. The van der Waals surface area contributed by atoms with Crippen molar-refractivity contribution in [3.8, 4) is 0 Å². The van der Waals surface area contributed by atoms with Crippen molar-refractivity contribution in [2.24, 2.45) is 0 Å². The second-order valence-electron chi connectivity index (χ2n) is 7.07. The number of aliphatic carboxylic acids is 1. The summed E-state index contributed by atoms with van der Waals surface area (Å²) < 4.78 is 0. The van der Waals surface area contributed by atoms with Crippen molar-refractivity contribution in [3.05, 3.63) is 21.9 Å². The summed E-state index contributed by atoms with van der Waals surface area (Å²) in [5, 5.41) is 17.0. The Morgan fingerprint density at radius 1 is 1.42 bits per heavy atom.